The molecular formula is C11H21N7. The van der Waals surface area contributed by atoms with Gasteiger partial charge in [-0.3, -0.25) is 4.90 Å². The van der Waals surface area contributed by atoms with E-state index in [1.807, 2.05) is 19.0 Å². The maximum atomic E-state index is 5.71. The van der Waals surface area contributed by atoms with E-state index >= 15 is 0 Å². The van der Waals surface area contributed by atoms with Crippen molar-refractivity contribution in [2.75, 3.05) is 44.9 Å². The van der Waals surface area contributed by atoms with Crippen LogP contribution in [0.25, 0.3) is 0 Å². The standard InChI is InChI=1S/C11H21N7/c1-17(2)11-15-9(14-10(12)16-11)7-18(3)8-4-5-13-6-8/h8,13H,4-7H2,1-3H3,(H2,12,14,15,16). The van der Waals surface area contributed by atoms with Crippen molar-refractivity contribution < 1.29 is 0 Å². The van der Waals surface area contributed by atoms with Crippen LogP contribution >= 0.6 is 0 Å². The lowest BCUT2D eigenvalue weighted by Gasteiger charge is -2.22. The number of nitrogens with two attached hydrogens (primary N) is 1. The van der Waals surface area contributed by atoms with Gasteiger partial charge in [0.2, 0.25) is 11.9 Å². The lowest BCUT2D eigenvalue weighted by molar-refractivity contribution is 0.243. The van der Waals surface area contributed by atoms with Crippen LogP contribution in [-0.4, -0.2) is 60.1 Å². The molecule has 1 aromatic rings. The highest BCUT2D eigenvalue weighted by molar-refractivity contribution is 5.32. The number of hydrogen-bond acceptors (Lipinski definition) is 7. The van der Waals surface area contributed by atoms with Gasteiger partial charge in [0.05, 0.1) is 6.54 Å². The molecule has 1 unspecified atom stereocenters. The summed E-state index contributed by atoms with van der Waals surface area (Å²) in [6.45, 7) is 2.80. The van der Waals surface area contributed by atoms with E-state index in [9.17, 15) is 0 Å². The third-order valence-corrected chi connectivity index (χ3v) is 3.14. The third-order valence-electron chi connectivity index (χ3n) is 3.14. The Hall–Kier alpha value is -1.47. The molecule has 3 N–H and O–H groups in total. The summed E-state index contributed by atoms with van der Waals surface area (Å²) in [5, 5.41) is 3.35. The van der Waals surface area contributed by atoms with Gasteiger partial charge in [-0.1, -0.05) is 0 Å². The SMILES string of the molecule is CN(C)c1nc(N)nc(CN(C)C2CCNC2)n1. The van der Waals surface area contributed by atoms with E-state index in [4.69, 9.17) is 5.73 Å². The van der Waals surface area contributed by atoms with Gasteiger partial charge in [-0.15, -0.1) is 0 Å². The molecule has 0 radical (unpaired) electrons. The summed E-state index contributed by atoms with van der Waals surface area (Å²) < 4.78 is 0. The molecule has 0 aromatic carbocycles. The number of nitrogens with one attached hydrogen (secondary N) is 1. The van der Waals surface area contributed by atoms with Crippen molar-refractivity contribution >= 4 is 11.9 Å². The van der Waals surface area contributed by atoms with Crippen LogP contribution in [0.4, 0.5) is 11.9 Å². The molecular weight excluding hydrogens is 230 g/mol. The number of hydrogen-bond donors (Lipinski definition) is 2. The molecule has 1 atom stereocenters. The third kappa shape index (κ3) is 3.05. The Kier molecular flexibility index (Phi) is 3.93. The van der Waals surface area contributed by atoms with E-state index in [2.05, 4.69) is 32.2 Å². The fourth-order valence-corrected chi connectivity index (χ4v) is 2.06. The number of nitrogens with zero attached hydrogens (tertiary/aromatic N) is 5. The quantitative estimate of drug-likeness (QED) is 0.733. The van der Waals surface area contributed by atoms with E-state index in [0.717, 1.165) is 25.3 Å². The highest BCUT2D eigenvalue weighted by Crippen LogP contribution is 2.11. The second kappa shape index (κ2) is 5.45. The molecule has 0 saturated carbocycles. The molecule has 1 saturated heterocycles. The monoisotopic (exact) mass is 251 g/mol. The van der Waals surface area contributed by atoms with Gasteiger partial charge in [-0.25, -0.2) is 0 Å². The average Bonchev–Trinajstić information content (AvgIpc) is 2.81. The first kappa shape index (κ1) is 13.0. The molecule has 1 aliphatic rings. The van der Waals surface area contributed by atoms with Crippen LogP contribution in [-0.2, 0) is 6.54 Å². The van der Waals surface area contributed by atoms with Gasteiger partial charge in [-0.05, 0) is 20.0 Å². The van der Waals surface area contributed by atoms with Crippen LogP contribution in [0.1, 0.15) is 12.2 Å². The number of rotatable bonds is 4. The number of nitrogen functional groups attached to an aromatic ring is 1. The summed E-state index contributed by atoms with van der Waals surface area (Å²) in [4.78, 5) is 16.8. The van der Waals surface area contributed by atoms with Crippen molar-refractivity contribution in [3.63, 3.8) is 0 Å². The van der Waals surface area contributed by atoms with Gasteiger partial charge in [0.15, 0.2) is 0 Å². The van der Waals surface area contributed by atoms with Crippen molar-refractivity contribution in [1.82, 2.24) is 25.2 Å². The number of anilines is 2. The van der Waals surface area contributed by atoms with E-state index in [1.54, 1.807) is 0 Å². The maximum Gasteiger partial charge on any atom is 0.229 e. The fraction of sp³-hybridized carbons (Fsp3) is 0.727. The van der Waals surface area contributed by atoms with Crippen molar-refractivity contribution in [3.8, 4) is 0 Å². The molecule has 100 valence electrons. The van der Waals surface area contributed by atoms with E-state index in [0.29, 0.717) is 18.5 Å². The molecule has 0 aliphatic carbocycles. The Morgan fingerprint density at radius 2 is 2.06 bits per heavy atom. The minimum atomic E-state index is 0.279. The topological polar surface area (TPSA) is 83.2 Å². The smallest absolute Gasteiger partial charge is 0.229 e. The molecule has 1 fully saturated rings. The van der Waals surface area contributed by atoms with Crippen LogP contribution in [0.2, 0.25) is 0 Å². The number of likely N-dealkylation sites (N-methyl/N-ethyl adjacent to an activating group) is 1. The Morgan fingerprint density at radius 1 is 1.28 bits per heavy atom. The summed E-state index contributed by atoms with van der Waals surface area (Å²) in [6.07, 6.45) is 1.16. The first-order valence-electron chi connectivity index (χ1n) is 6.15. The Morgan fingerprint density at radius 3 is 2.67 bits per heavy atom. The molecule has 2 heterocycles. The molecule has 7 heteroatoms. The van der Waals surface area contributed by atoms with Gasteiger partial charge >= 0.3 is 0 Å². The molecule has 0 bridgehead atoms. The van der Waals surface area contributed by atoms with Gasteiger partial charge < -0.3 is 16.0 Å². The molecule has 1 aromatic heterocycles. The minimum absolute atomic E-state index is 0.279. The zero-order valence-corrected chi connectivity index (χ0v) is 11.2. The Balaban J connectivity index is 2.08. The van der Waals surface area contributed by atoms with Crippen molar-refractivity contribution in [3.05, 3.63) is 5.82 Å². The molecule has 7 nitrogen and oxygen atoms in total. The molecule has 0 spiro atoms. The lowest BCUT2D eigenvalue weighted by Crippen LogP contribution is -2.33. The molecule has 2 rings (SSSR count). The summed E-state index contributed by atoms with van der Waals surface area (Å²) in [5.74, 6) is 1.61. The van der Waals surface area contributed by atoms with Crippen molar-refractivity contribution in [1.29, 1.82) is 0 Å². The van der Waals surface area contributed by atoms with E-state index < -0.39 is 0 Å². The van der Waals surface area contributed by atoms with Crippen LogP contribution in [0, 0.1) is 0 Å². The fourth-order valence-electron chi connectivity index (χ4n) is 2.06. The van der Waals surface area contributed by atoms with Gasteiger partial charge in [0.25, 0.3) is 0 Å². The summed E-state index contributed by atoms with van der Waals surface area (Å²) in [6, 6.07) is 0.547. The summed E-state index contributed by atoms with van der Waals surface area (Å²) in [7, 11) is 5.87. The predicted molar refractivity (Wildman–Crippen MR) is 71.3 cm³/mol. The van der Waals surface area contributed by atoms with E-state index in [1.165, 1.54) is 0 Å². The lowest BCUT2D eigenvalue weighted by atomic mass is 10.2. The van der Waals surface area contributed by atoms with Crippen molar-refractivity contribution in [2.45, 2.75) is 19.0 Å². The molecule has 18 heavy (non-hydrogen) atoms. The maximum absolute atomic E-state index is 5.71. The van der Waals surface area contributed by atoms with E-state index in [-0.39, 0.29) is 5.95 Å². The summed E-state index contributed by atoms with van der Waals surface area (Å²) in [5.41, 5.74) is 5.71. The first-order valence-corrected chi connectivity index (χ1v) is 6.15. The van der Waals surface area contributed by atoms with Gasteiger partial charge in [0.1, 0.15) is 5.82 Å². The Bertz CT molecular complexity index is 400. The van der Waals surface area contributed by atoms with Gasteiger partial charge in [0, 0.05) is 26.7 Å². The predicted octanol–water partition coefficient (Wildman–Crippen LogP) is -0.686. The zero-order chi connectivity index (χ0) is 13.1. The highest BCUT2D eigenvalue weighted by Gasteiger charge is 2.20. The minimum Gasteiger partial charge on any atom is -0.368 e. The van der Waals surface area contributed by atoms with Crippen LogP contribution in [0.5, 0.6) is 0 Å². The van der Waals surface area contributed by atoms with Crippen molar-refractivity contribution in [2.24, 2.45) is 0 Å². The second-order valence-electron chi connectivity index (χ2n) is 4.87. The van der Waals surface area contributed by atoms with Gasteiger partial charge in [-0.2, -0.15) is 15.0 Å². The highest BCUT2D eigenvalue weighted by atomic mass is 15.3. The first-order chi connectivity index (χ1) is 8.56. The number of aromatic nitrogens is 3. The van der Waals surface area contributed by atoms with Crippen LogP contribution in [0.15, 0.2) is 0 Å². The molecule has 1 aliphatic heterocycles. The van der Waals surface area contributed by atoms with Crippen LogP contribution in [0.3, 0.4) is 0 Å². The second-order valence-corrected chi connectivity index (χ2v) is 4.87. The molecule has 0 amide bonds. The normalized spacial score (nSPS) is 19.4. The largest absolute Gasteiger partial charge is 0.368 e. The average molecular weight is 251 g/mol. The zero-order valence-electron chi connectivity index (χ0n) is 11.2. The summed E-state index contributed by atoms with van der Waals surface area (Å²) >= 11 is 0. The Labute approximate surface area is 107 Å². The van der Waals surface area contributed by atoms with Crippen LogP contribution < -0.4 is 16.0 Å².